The second-order valence-electron chi connectivity index (χ2n) is 15.4. The van der Waals surface area contributed by atoms with E-state index in [2.05, 4.69) is 15.3 Å². The van der Waals surface area contributed by atoms with Crippen LogP contribution in [-0.4, -0.2) is 73.8 Å². The molecule has 8 rings (SSSR count). The molecule has 14 heteroatoms. The Kier molecular flexibility index (Phi) is 10.7. The van der Waals surface area contributed by atoms with Crippen LogP contribution < -0.4 is 0 Å². The molecule has 312 valence electrons. The molecule has 0 aliphatic rings. The number of ketones is 6. The van der Waals surface area contributed by atoms with Gasteiger partial charge in [0.25, 0.3) is 0 Å². The van der Waals surface area contributed by atoms with Gasteiger partial charge in [0.15, 0.2) is 23.1 Å². The van der Waals surface area contributed by atoms with Crippen LogP contribution in [0, 0.1) is 27.7 Å². The first-order chi connectivity index (χ1) is 30.1. The smallest absolute Gasteiger partial charge is 0.217 e. The molecule has 0 unspecified atom stereocenters. The van der Waals surface area contributed by atoms with Crippen molar-refractivity contribution in [1.29, 1.82) is 0 Å². The minimum absolute atomic E-state index is 0.0187. The average molecular weight is 837 g/mol. The maximum atomic E-state index is 14.9. The average Bonchev–Trinajstić information content (AvgIpc) is 4.08. The van der Waals surface area contributed by atoms with Crippen LogP contribution in [-0.2, 0) is 0 Å². The van der Waals surface area contributed by atoms with Crippen LogP contribution in [0.4, 0.5) is 0 Å². The highest BCUT2D eigenvalue weighted by atomic mass is 16.2. The van der Waals surface area contributed by atoms with Gasteiger partial charge in [0.2, 0.25) is 11.6 Å². The van der Waals surface area contributed by atoms with Gasteiger partial charge in [-0.3, -0.25) is 28.8 Å². The van der Waals surface area contributed by atoms with E-state index in [4.69, 9.17) is 5.10 Å². The lowest BCUT2D eigenvalue weighted by Gasteiger charge is -2.07. The zero-order valence-electron chi connectivity index (χ0n) is 35.5. The van der Waals surface area contributed by atoms with Gasteiger partial charge in [-0.2, -0.15) is 20.4 Å². The minimum atomic E-state index is -0.756. The first kappa shape index (κ1) is 41.5. The van der Waals surface area contributed by atoms with Gasteiger partial charge in [0.05, 0.1) is 50.7 Å². The van der Waals surface area contributed by atoms with E-state index in [1.807, 2.05) is 69.3 Å². The van der Waals surface area contributed by atoms with Gasteiger partial charge in [-0.15, -0.1) is 0 Å². The molecular formula is C49H40N8O6. The maximum absolute atomic E-state index is 14.9. The number of carbonyl (C=O) groups is 6. The van der Waals surface area contributed by atoms with Gasteiger partial charge in [-0.05, 0) is 88.4 Å². The zero-order valence-corrected chi connectivity index (χ0v) is 35.5. The lowest BCUT2D eigenvalue weighted by molar-refractivity contribution is 0.0976. The quantitative estimate of drug-likeness (QED) is 0.104. The Labute approximate surface area is 361 Å². The Balaban J connectivity index is 1.24. The fourth-order valence-electron chi connectivity index (χ4n) is 7.25. The molecule has 0 fully saturated rings. The van der Waals surface area contributed by atoms with Gasteiger partial charge in [0.1, 0.15) is 22.8 Å². The number of nitrogens with zero attached hydrogens (tertiary/aromatic N) is 8. The molecule has 0 bridgehead atoms. The van der Waals surface area contributed by atoms with Crippen molar-refractivity contribution >= 4 is 34.7 Å². The minimum Gasteiger partial charge on any atom is -0.293 e. The molecule has 0 radical (unpaired) electrons. The molecule has 0 aliphatic carbocycles. The van der Waals surface area contributed by atoms with Crippen molar-refractivity contribution < 1.29 is 28.8 Å². The third-order valence-electron chi connectivity index (χ3n) is 10.7. The third-order valence-corrected chi connectivity index (χ3v) is 10.7. The summed E-state index contributed by atoms with van der Waals surface area (Å²) in [6.45, 7) is 11.4. The molecule has 0 saturated heterocycles. The van der Waals surface area contributed by atoms with E-state index in [9.17, 15) is 28.8 Å². The third kappa shape index (κ3) is 7.81. The summed E-state index contributed by atoms with van der Waals surface area (Å²) >= 11 is 0. The molecule has 4 heterocycles. The van der Waals surface area contributed by atoms with Crippen molar-refractivity contribution in [1.82, 2.24) is 39.1 Å². The first-order valence-electron chi connectivity index (χ1n) is 20.0. The topological polar surface area (TPSA) is 174 Å². The zero-order chi connectivity index (χ0) is 44.9. The summed E-state index contributed by atoms with van der Waals surface area (Å²) in [5.41, 5.74) is 5.11. The number of hydrogen-bond acceptors (Lipinski definition) is 10. The van der Waals surface area contributed by atoms with Gasteiger partial charge in [0, 0.05) is 44.9 Å². The highest BCUT2D eigenvalue weighted by Crippen LogP contribution is 2.28. The summed E-state index contributed by atoms with van der Waals surface area (Å²) in [4.78, 5) is 82.4. The van der Waals surface area contributed by atoms with Gasteiger partial charge < -0.3 is 0 Å². The van der Waals surface area contributed by atoms with E-state index < -0.39 is 28.9 Å². The van der Waals surface area contributed by atoms with Crippen molar-refractivity contribution in [2.24, 2.45) is 0 Å². The van der Waals surface area contributed by atoms with Crippen molar-refractivity contribution in [3.63, 3.8) is 0 Å². The predicted octanol–water partition coefficient (Wildman–Crippen LogP) is 7.96. The van der Waals surface area contributed by atoms with Crippen LogP contribution in [0.5, 0.6) is 0 Å². The lowest BCUT2D eigenvalue weighted by atomic mass is 9.96. The summed E-state index contributed by atoms with van der Waals surface area (Å²) in [5, 5.41) is 18.1. The van der Waals surface area contributed by atoms with E-state index in [-0.39, 0.29) is 62.1 Å². The predicted molar refractivity (Wildman–Crippen MR) is 234 cm³/mol. The monoisotopic (exact) mass is 836 g/mol. The number of aromatic nitrogens is 8. The van der Waals surface area contributed by atoms with E-state index >= 15 is 0 Å². The van der Waals surface area contributed by atoms with Crippen molar-refractivity contribution in [2.75, 3.05) is 0 Å². The summed E-state index contributed by atoms with van der Waals surface area (Å²) in [7, 11) is 0. The maximum Gasteiger partial charge on any atom is 0.217 e. The Morgan fingerprint density at radius 2 is 0.714 bits per heavy atom. The van der Waals surface area contributed by atoms with Crippen LogP contribution in [0.3, 0.4) is 0 Å². The summed E-state index contributed by atoms with van der Waals surface area (Å²) in [6, 6.07) is 28.5. The highest BCUT2D eigenvalue weighted by molar-refractivity contribution is 6.23. The summed E-state index contributed by atoms with van der Waals surface area (Å²) in [5.74, 6) is -3.24. The number of rotatable bonds is 13. The molecule has 0 atom stereocenters. The number of carbonyl (C=O) groups excluding carboxylic acids is 6. The van der Waals surface area contributed by atoms with Crippen LogP contribution in [0.25, 0.3) is 22.7 Å². The first-order valence-corrected chi connectivity index (χ1v) is 20.0. The Bertz CT molecular complexity index is 3160. The fraction of sp³-hybridized carbons (Fsp3) is 0.143. The highest BCUT2D eigenvalue weighted by Gasteiger charge is 2.34. The van der Waals surface area contributed by atoms with Gasteiger partial charge in [-0.1, -0.05) is 53.1 Å². The van der Waals surface area contributed by atoms with Crippen molar-refractivity contribution in [3.8, 4) is 22.7 Å². The van der Waals surface area contributed by atoms with Crippen molar-refractivity contribution in [2.45, 2.75) is 48.5 Å². The normalized spacial score (nSPS) is 11.2. The fourth-order valence-corrected chi connectivity index (χ4v) is 7.25. The molecule has 0 N–H and O–H groups in total. The van der Waals surface area contributed by atoms with E-state index in [1.165, 1.54) is 58.1 Å². The number of Topliss-reactive ketones (excluding diaryl/α,β-unsaturated/α-hetero) is 3. The Morgan fingerprint density at radius 1 is 0.381 bits per heavy atom. The van der Waals surface area contributed by atoms with Gasteiger partial charge >= 0.3 is 0 Å². The van der Waals surface area contributed by atoms with Gasteiger partial charge in [-0.25, -0.2) is 18.7 Å². The Hall–Kier alpha value is -8.26. The SMILES string of the molecule is CC(=O)c1nn(-c2ccc(C)cc2)cc1C(=O)c1ccc(-n2nc(C(=O)c3cn(-c4ccc(C)cc4)nc3C(C)=O)c(C(=O)c3cn(-c4ccc(C)cc4)nc3C(C)=O)c2C)cc1. The van der Waals surface area contributed by atoms with Crippen LogP contribution in [0.15, 0.2) is 116 Å². The largest absolute Gasteiger partial charge is 0.293 e. The molecule has 4 aromatic carbocycles. The molecular weight excluding hydrogens is 797 g/mol. The molecule has 63 heavy (non-hydrogen) atoms. The van der Waals surface area contributed by atoms with E-state index in [0.717, 1.165) is 16.7 Å². The molecule has 0 saturated carbocycles. The standard InChI is InChI=1S/C49H40N8O6/c1-27-8-16-35(17-9-27)54-24-39(43(50-54)31(5)58)47(61)34-14-22-38(23-15-34)57-30(4)42(48(62)40-25-55(51-44(40)32(6)59)36-18-10-28(2)11-19-36)46(53-57)49(63)41-26-56(52-45(41)33(7)60)37-20-12-29(3)13-21-37/h8-26H,1-7H3. The lowest BCUT2D eigenvalue weighted by Crippen LogP contribution is -2.14. The second kappa shape index (κ2) is 16.3. The number of aryl methyl sites for hydroxylation is 3. The summed E-state index contributed by atoms with van der Waals surface area (Å²) < 4.78 is 5.74. The molecule has 8 aromatic rings. The Morgan fingerprint density at radius 3 is 1.08 bits per heavy atom. The van der Waals surface area contributed by atoms with Crippen molar-refractivity contribution in [3.05, 3.63) is 189 Å². The molecule has 0 aliphatic heterocycles. The second-order valence-corrected chi connectivity index (χ2v) is 15.4. The number of hydrogen-bond donors (Lipinski definition) is 0. The van der Waals surface area contributed by atoms with E-state index in [0.29, 0.717) is 22.7 Å². The van der Waals surface area contributed by atoms with Crippen LogP contribution in [0.2, 0.25) is 0 Å². The molecule has 0 spiro atoms. The molecule has 14 nitrogen and oxygen atoms in total. The van der Waals surface area contributed by atoms with E-state index in [1.54, 1.807) is 55.5 Å². The molecule has 0 amide bonds. The number of benzene rings is 4. The van der Waals surface area contributed by atoms with Crippen LogP contribution in [0.1, 0.15) is 123 Å². The molecule has 4 aromatic heterocycles. The summed E-state index contributed by atoms with van der Waals surface area (Å²) in [6.07, 6.45) is 4.40. The van der Waals surface area contributed by atoms with Crippen LogP contribution >= 0.6 is 0 Å².